The molecule has 48 heavy (non-hydrogen) atoms. The molecule has 0 radical (unpaired) electrons. The summed E-state index contributed by atoms with van der Waals surface area (Å²) in [6.45, 7) is 4.43. The van der Waals surface area contributed by atoms with E-state index in [1.807, 2.05) is 30.3 Å². The van der Waals surface area contributed by atoms with Crippen LogP contribution in [0.25, 0.3) is 11.0 Å². The van der Waals surface area contributed by atoms with Gasteiger partial charge in [0.05, 0.1) is 30.2 Å². The second kappa shape index (κ2) is 14.3. The van der Waals surface area contributed by atoms with Crippen LogP contribution in [0.3, 0.4) is 0 Å². The number of phenols is 1. The number of halogens is 2. The van der Waals surface area contributed by atoms with E-state index in [0.717, 1.165) is 73.6 Å². The Kier molecular flexibility index (Phi) is 9.56. The summed E-state index contributed by atoms with van der Waals surface area (Å²) >= 11 is 5.87. The Labute approximate surface area is 283 Å². The highest BCUT2D eigenvalue weighted by molar-refractivity contribution is 6.30. The van der Waals surface area contributed by atoms with Gasteiger partial charge < -0.3 is 24.5 Å². The Bertz CT molecular complexity index is 1900. The van der Waals surface area contributed by atoms with Gasteiger partial charge in [-0.3, -0.25) is 9.69 Å². The highest BCUT2D eigenvalue weighted by atomic mass is 35.5. The smallest absolute Gasteiger partial charge is 0.251 e. The van der Waals surface area contributed by atoms with Crippen molar-refractivity contribution in [3.05, 3.63) is 118 Å². The van der Waals surface area contributed by atoms with Crippen molar-refractivity contribution in [2.75, 3.05) is 19.7 Å². The van der Waals surface area contributed by atoms with E-state index in [2.05, 4.69) is 14.8 Å². The number of aromatic hydroxyl groups is 1. The van der Waals surface area contributed by atoms with Gasteiger partial charge in [0, 0.05) is 47.0 Å². The minimum absolute atomic E-state index is 0.0801. The topological polar surface area (TPSA) is 102 Å². The van der Waals surface area contributed by atoms with Crippen molar-refractivity contribution < 1.29 is 23.8 Å². The molecule has 0 unspecified atom stereocenters. The minimum Gasteiger partial charge on any atom is -0.508 e. The number of hydrogen-bond donors (Lipinski definition) is 2. The molecule has 2 N–H and O–H groups in total. The van der Waals surface area contributed by atoms with E-state index in [-0.39, 0.29) is 24.4 Å². The maximum Gasteiger partial charge on any atom is 0.251 e. The van der Waals surface area contributed by atoms with Crippen LogP contribution < -0.4 is 10.1 Å². The van der Waals surface area contributed by atoms with E-state index in [1.165, 1.54) is 6.07 Å². The van der Waals surface area contributed by atoms with Gasteiger partial charge in [-0.2, -0.15) is 0 Å². The van der Waals surface area contributed by atoms with E-state index in [4.69, 9.17) is 31.0 Å². The Hall–Kier alpha value is -4.51. The van der Waals surface area contributed by atoms with Crippen LogP contribution in [0, 0.1) is 5.82 Å². The number of nitrogens with one attached hydrogen (secondary N) is 1. The summed E-state index contributed by atoms with van der Waals surface area (Å²) in [5.74, 6) is 1.35. The number of ether oxygens (including phenoxy) is 2. The molecule has 1 amide bonds. The third-order valence-corrected chi connectivity index (χ3v) is 9.40. The van der Waals surface area contributed by atoms with Gasteiger partial charge in [0.15, 0.2) is 0 Å². The number of aromatic nitrogens is 3. The van der Waals surface area contributed by atoms with E-state index < -0.39 is 5.82 Å². The van der Waals surface area contributed by atoms with Gasteiger partial charge in [0.2, 0.25) is 5.88 Å². The third-order valence-electron chi connectivity index (χ3n) is 9.17. The Morgan fingerprint density at radius 2 is 1.83 bits per heavy atom. The fourth-order valence-electron chi connectivity index (χ4n) is 6.29. The molecule has 2 aromatic heterocycles. The first-order valence-electron chi connectivity index (χ1n) is 16.3. The Morgan fingerprint density at radius 3 is 2.58 bits per heavy atom. The maximum absolute atomic E-state index is 14.2. The predicted octanol–water partition coefficient (Wildman–Crippen LogP) is 6.61. The van der Waals surface area contributed by atoms with Gasteiger partial charge in [0.1, 0.15) is 24.0 Å². The van der Waals surface area contributed by atoms with E-state index in [0.29, 0.717) is 41.0 Å². The molecule has 7 rings (SSSR count). The second-order valence-electron chi connectivity index (χ2n) is 12.4. The fraction of sp³-hybridized carbons (Fsp3) is 0.324. The molecular formula is C37H37ClFN5O4. The molecule has 2 aliphatic rings. The number of carbonyl (C=O) groups excluding carboxylic acids is 1. The summed E-state index contributed by atoms with van der Waals surface area (Å²) in [6.07, 6.45) is 3.07. The molecule has 2 fully saturated rings. The Balaban J connectivity index is 0.996. The van der Waals surface area contributed by atoms with Crippen LogP contribution in [0.1, 0.15) is 58.2 Å². The summed E-state index contributed by atoms with van der Waals surface area (Å²) < 4.78 is 28.1. The monoisotopic (exact) mass is 669 g/mol. The molecule has 0 saturated carbocycles. The molecule has 2 saturated heterocycles. The zero-order valence-corrected chi connectivity index (χ0v) is 27.2. The molecule has 5 aromatic rings. The van der Waals surface area contributed by atoms with Crippen molar-refractivity contribution in [3.63, 3.8) is 0 Å². The van der Waals surface area contributed by atoms with Gasteiger partial charge in [-0.05, 0) is 86.4 Å². The second-order valence-corrected chi connectivity index (χ2v) is 12.9. The van der Waals surface area contributed by atoms with Gasteiger partial charge in [0.25, 0.3) is 5.91 Å². The van der Waals surface area contributed by atoms with Crippen molar-refractivity contribution in [1.82, 2.24) is 24.8 Å². The summed E-state index contributed by atoms with van der Waals surface area (Å²) in [7, 11) is 0. The van der Waals surface area contributed by atoms with Gasteiger partial charge >= 0.3 is 0 Å². The molecule has 9 nitrogen and oxygen atoms in total. The number of fused-ring (bicyclic) bond motifs is 1. The number of benzene rings is 3. The zero-order chi connectivity index (χ0) is 33.0. The fourth-order valence-corrected chi connectivity index (χ4v) is 6.45. The predicted molar refractivity (Wildman–Crippen MR) is 181 cm³/mol. The lowest BCUT2D eigenvalue weighted by atomic mass is 9.93. The van der Waals surface area contributed by atoms with Crippen molar-refractivity contribution in [2.24, 2.45) is 0 Å². The number of likely N-dealkylation sites (tertiary alicyclic amines) is 1. The van der Waals surface area contributed by atoms with Crippen LogP contribution in [-0.4, -0.2) is 56.2 Å². The van der Waals surface area contributed by atoms with E-state index in [1.54, 1.807) is 42.5 Å². The summed E-state index contributed by atoms with van der Waals surface area (Å²) in [4.78, 5) is 25.2. The SMILES string of the molecule is O=C(NCc1ccc(O)cc1)c1ccc2c(c1)nc(CN1CCC(c3cccc(OCc4ccc(Cl)cc4F)n3)CC1)n2C[C@@H]1CCO1. The third kappa shape index (κ3) is 7.46. The molecule has 0 spiro atoms. The number of amides is 1. The van der Waals surface area contributed by atoms with E-state index >= 15 is 0 Å². The number of nitrogens with zero attached hydrogens (tertiary/aromatic N) is 4. The quantitative estimate of drug-likeness (QED) is 0.163. The first kappa shape index (κ1) is 32.1. The highest BCUT2D eigenvalue weighted by Gasteiger charge is 2.26. The van der Waals surface area contributed by atoms with Crippen molar-refractivity contribution in [2.45, 2.75) is 57.5 Å². The number of phenolic OH excluding ortho intramolecular Hbond substituents is 1. The number of imidazole rings is 1. The molecule has 1 atom stereocenters. The average molecular weight is 670 g/mol. The molecule has 3 aromatic carbocycles. The van der Waals surface area contributed by atoms with Crippen molar-refractivity contribution >= 4 is 28.5 Å². The number of carbonyl (C=O) groups is 1. The van der Waals surface area contributed by atoms with Crippen molar-refractivity contribution in [1.29, 1.82) is 0 Å². The molecule has 11 heteroatoms. The number of hydrogen-bond acceptors (Lipinski definition) is 7. The maximum atomic E-state index is 14.2. The largest absolute Gasteiger partial charge is 0.508 e. The van der Waals surface area contributed by atoms with Crippen LogP contribution in [0.4, 0.5) is 4.39 Å². The van der Waals surface area contributed by atoms with E-state index in [9.17, 15) is 14.3 Å². The first-order chi connectivity index (χ1) is 23.4. The lowest BCUT2D eigenvalue weighted by Gasteiger charge is -2.32. The summed E-state index contributed by atoms with van der Waals surface area (Å²) in [5.41, 5.74) is 4.64. The zero-order valence-electron chi connectivity index (χ0n) is 26.4. The number of piperidine rings is 1. The van der Waals surface area contributed by atoms with Gasteiger partial charge in [-0.15, -0.1) is 0 Å². The molecular weight excluding hydrogens is 633 g/mol. The minimum atomic E-state index is -0.396. The van der Waals surface area contributed by atoms with Crippen LogP contribution in [0.15, 0.2) is 78.9 Å². The van der Waals surface area contributed by atoms with Gasteiger partial charge in [-0.25, -0.2) is 14.4 Å². The normalized spacial score (nSPS) is 16.9. The number of rotatable bonds is 11. The lowest BCUT2D eigenvalue weighted by molar-refractivity contribution is -0.0592. The van der Waals surface area contributed by atoms with Gasteiger partial charge in [-0.1, -0.05) is 35.9 Å². The molecule has 0 aliphatic carbocycles. The average Bonchev–Trinajstić information content (AvgIpc) is 3.41. The molecule has 248 valence electrons. The standard InChI is InChI=1S/C37H37ClFN5O4/c38-28-8-6-27(31(39)19-28)23-48-36-3-1-2-32(42-36)25-12-15-43(16-13-25)22-35-41-33-18-26(7-11-34(33)44(35)21-30-14-17-47-30)37(46)40-20-24-4-9-29(45)10-5-24/h1-11,18-19,25,30,45H,12-17,20-23H2,(H,40,46)/t30-/m0/s1. The van der Waals surface area contributed by atoms with Crippen LogP contribution in [0.5, 0.6) is 11.6 Å². The lowest BCUT2D eigenvalue weighted by Crippen LogP contribution is -2.35. The van der Waals surface area contributed by atoms with Crippen LogP contribution in [-0.2, 0) is 31.0 Å². The highest BCUT2D eigenvalue weighted by Crippen LogP contribution is 2.30. The van der Waals surface area contributed by atoms with Crippen LogP contribution in [0.2, 0.25) is 5.02 Å². The molecule has 0 bridgehead atoms. The summed E-state index contributed by atoms with van der Waals surface area (Å²) in [5, 5.41) is 12.8. The number of pyridine rings is 1. The first-order valence-corrected chi connectivity index (χ1v) is 16.7. The van der Waals surface area contributed by atoms with Crippen molar-refractivity contribution in [3.8, 4) is 11.6 Å². The molecule has 4 heterocycles. The molecule has 2 aliphatic heterocycles. The Morgan fingerprint density at radius 1 is 1.02 bits per heavy atom. The van der Waals surface area contributed by atoms with Crippen LogP contribution >= 0.6 is 11.6 Å². The summed E-state index contributed by atoms with van der Waals surface area (Å²) in [6, 6.07) is 22.8.